The van der Waals surface area contributed by atoms with Gasteiger partial charge in [-0.1, -0.05) is 6.07 Å². The minimum Gasteiger partial charge on any atom is -0.354 e. The highest BCUT2D eigenvalue weighted by molar-refractivity contribution is 7.89. The lowest BCUT2D eigenvalue weighted by Crippen LogP contribution is -2.49. The lowest BCUT2D eigenvalue weighted by Gasteiger charge is -2.26. The van der Waals surface area contributed by atoms with Crippen LogP contribution in [0.4, 0.5) is 10.1 Å². The van der Waals surface area contributed by atoms with Crippen molar-refractivity contribution in [1.82, 2.24) is 29.8 Å². The SMILES string of the molecule is Cc1nnnn1-c1ccc(F)c(NC(=O)c2cccc(S(=O)(=O)N3CCNC(=O)C3)c2)c1. The summed E-state index contributed by atoms with van der Waals surface area (Å²) in [5, 5.41) is 16.1. The Morgan fingerprint density at radius 3 is 2.75 bits per heavy atom. The number of amides is 2. The van der Waals surface area contributed by atoms with Gasteiger partial charge in [0.2, 0.25) is 15.9 Å². The Balaban J connectivity index is 1.59. The van der Waals surface area contributed by atoms with Crippen LogP contribution in [0.15, 0.2) is 47.4 Å². The molecule has 11 nitrogen and oxygen atoms in total. The van der Waals surface area contributed by atoms with E-state index < -0.39 is 27.7 Å². The quantitative estimate of drug-likeness (QED) is 0.566. The first kappa shape index (κ1) is 21.5. The summed E-state index contributed by atoms with van der Waals surface area (Å²) in [6, 6.07) is 9.31. The van der Waals surface area contributed by atoms with Gasteiger partial charge in [0.1, 0.15) is 5.82 Å². The van der Waals surface area contributed by atoms with Gasteiger partial charge in [-0.3, -0.25) is 9.59 Å². The molecule has 1 aliphatic rings. The lowest BCUT2D eigenvalue weighted by molar-refractivity contribution is -0.122. The maximum atomic E-state index is 14.3. The number of tetrazole rings is 1. The van der Waals surface area contributed by atoms with Gasteiger partial charge >= 0.3 is 0 Å². The number of sulfonamides is 1. The summed E-state index contributed by atoms with van der Waals surface area (Å²) in [5.74, 6) is -1.32. The Bertz CT molecular complexity index is 1310. The minimum atomic E-state index is -3.98. The van der Waals surface area contributed by atoms with Crippen LogP contribution in [0.2, 0.25) is 0 Å². The standard InChI is InChI=1S/C19H18FN7O4S/c1-12-23-24-25-27(12)14-5-6-16(20)17(10-14)22-19(29)13-3-2-4-15(9-13)32(30,31)26-8-7-21-18(28)11-26/h2-6,9-10H,7-8,11H2,1H3,(H,21,28)(H,22,29). The van der Waals surface area contributed by atoms with Crippen molar-refractivity contribution in [2.24, 2.45) is 0 Å². The highest BCUT2D eigenvalue weighted by Gasteiger charge is 2.29. The van der Waals surface area contributed by atoms with Crippen molar-refractivity contribution in [1.29, 1.82) is 0 Å². The van der Waals surface area contributed by atoms with Gasteiger partial charge in [0.05, 0.1) is 22.8 Å². The number of anilines is 1. The van der Waals surface area contributed by atoms with Crippen LogP contribution in [0.1, 0.15) is 16.2 Å². The third-order valence-corrected chi connectivity index (χ3v) is 6.65. The van der Waals surface area contributed by atoms with Crippen LogP contribution in [0.25, 0.3) is 5.69 Å². The Morgan fingerprint density at radius 1 is 1.22 bits per heavy atom. The number of benzene rings is 2. The van der Waals surface area contributed by atoms with Crippen LogP contribution >= 0.6 is 0 Å². The largest absolute Gasteiger partial charge is 0.354 e. The lowest BCUT2D eigenvalue weighted by atomic mass is 10.2. The second-order valence-electron chi connectivity index (χ2n) is 6.97. The first-order valence-corrected chi connectivity index (χ1v) is 10.9. The smallest absolute Gasteiger partial charge is 0.255 e. The molecule has 166 valence electrons. The number of halogens is 1. The molecule has 4 rings (SSSR count). The topological polar surface area (TPSA) is 139 Å². The minimum absolute atomic E-state index is 0.0101. The van der Waals surface area contributed by atoms with Crippen LogP contribution in [0.5, 0.6) is 0 Å². The highest BCUT2D eigenvalue weighted by atomic mass is 32.2. The van der Waals surface area contributed by atoms with E-state index in [4.69, 9.17) is 0 Å². The summed E-state index contributed by atoms with van der Waals surface area (Å²) in [5.41, 5.74) is 0.322. The van der Waals surface area contributed by atoms with Crippen molar-refractivity contribution in [3.05, 3.63) is 59.7 Å². The van der Waals surface area contributed by atoms with Crippen LogP contribution < -0.4 is 10.6 Å². The van der Waals surface area contributed by atoms with Gasteiger partial charge in [-0.05, 0) is 53.7 Å². The van der Waals surface area contributed by atoms with Crippen LogP contribution in [0, 0.1) is 12.7 Å². The number of nitrogens with one attached hydrogen (secondary N) is 2. The average Bonchev–Trinajstić information content (AvgIpc) is 3.21. The van der Waals surface area contributed by atoms with E-state index in [9.17, 15) is 22.4 Å². The normalized spacial score (nSPS) is 14.8. The van der Waals surface area contributed by atoms with E-state index in [0.717, 1.165) is 10.4 Å². The summed E-state index contributed by atoms with van der Waals surface area (Å²) in [6.07, 6.45) is 0. The molecule has 3 aromatic rings. The van der Waals surface area contributed by atoms with Crippen molar-refractivity contribution < 1.29 is 22.4 Å². The Kier molecular flexibility index (Phi) is 5.67. The average molecular weight is 459 g/mol. The maximum Gasteiger partial charge on any atom is 0.255 e. The van der Waals surface area contributed by atoms with Crippen molar-refractivity contribution in [3.8, 4) is 5.69 Å². The summed E-state index contributed by atoms with van der Waals surface area (Å²) >= 11 is 0. The molecule has 0 saturated carbocycles. The van der Waals surface area contributed by atoms with Crippen molar-refractivity contribution in [2.45, 2.75) is 11.8 Å². The van der Waals surface area contributed by atoms with E-state index in [1.165, 1.54) is 41.1 Å². The third kappa shape index (κ3) is 4.20. The van der Waals surface area contributed by atoms with Gasteiger partial charge in [0.25, 0.3) is 5.91 Å². The zero-order valence-electron chi connectivity index (χ0n) is 16.8. The van der Waals surface area contributed by atoms with E-state index in [1.54, 1.807) is 6.92 Å². The molecule has 0 radical (unpaired) electrons. The fourth-order valence-electron chi connectivity index (χ4n) is 3.17. The molecule has 1 fully saturated rings. The fraction of sp³-hybridized carbons (Fsp3) is 0.211. The number of aromatic nitrogens is 4. The summed E-state index contributed by atoms with van der Waals surface area (Å²) in [4.78, 5) is 24.2. The molecule has 2 N–H and O–H groups in total. The zero-order chi connectivity index (χ0) is 22.9. The number of rotatable bonds is 5. The number of carbonyl (C=O) groups excluding carboxylic acids is 2. The van der Waals surface area contributed by atoms with Gasteiger partial charge in [0, 0.05) is 18.7 Å². The molecule has 32 heavy (non-hydrogen) atoms. The van der Waals surface area contributed by atoms with Crippen LogP contribution in [-0.2, 0) is 14.8 Å². The summed E-state index contributed by atoms with van der Waals surface area (Å²) in [7, 11) is -3.98. The number of nitrogens with zero attached hydrogens (tertiary/aromatic N) is 5. The molecule has 1 aliphatic heterocycles. The second-order valence-corrected chi connectivity index (χ2v) is 8.91. The molecule has 0 aliphatic carbocycles. The van der Waals surface area contributed by atoms with Crippen molar-refractivity contribution in [3.63, 3.8) is 0 Å². The molecule has 0 bridgehead atoms. The first-order chi connectivity index (χ1) is 15.3. The van der Waals surface area contributed by atoms with Crippen molar-refractivity contribution >= 4 is 27.5 Å². The van der Waals surface area contributed by atoms with Crippen LogP contribution in [0.3, 0.4) is 0 Å². The van der Waals surface area contributed by atoms with Crippen LogP contribution in [-0.4, -0.2) is 64.4 Å². The van der Waals surface area contributed by atoms with Gasteiger partial charge < -0.3 is 10.6 Å². The number of hydrogen-bond donors (Lipinski definition) is 2. The van der Waals surface area contributed by atoms with Gasteiger partial charge in [0.15, 0.2) is 5.82 Å². The van der Waals surface area contributed by atoms with E-state index in [0.29, 0.717) is 11.5 Å². The van der Waals surface area contributed by atoms with Gasteiger partial charge in [-0.25, -0.2) is 12.8 Å². The van der Waals surface area contributed by atoms with E-state index in [2.05, 4.69) is 26.2 Å². The predicted octanol–water partition coefficient (Wildman–Crippen LogP) is 0.483. The highest BCUT2D eigenvalue weighted by Crippen LogP contribution is 2.22. The summed E-state index contributed by atoms with van der Waals surface area (Å²) < 4.78 is 42.5. The van der Waals surface area contributed by atoms with Gasteiger partial charge in [-0.15, -0.1) is 5.10 Å². The molecule has 2 heterocycles. The fourth-order valence-corrected chi connectivity index (χ4v) is 4.62. The number of carbonyl (C=O) groups is 2. The molecule has 13 heteroatoms. The van der Waals surface area contributed by atoms with Crippen molar-refractivity contribution in [2.75, 3.05) is 25.0 Å². The zero-order valence-corrected chi connectivity index (χ0v) is 17.6. The van der Waals surface area contributed by atoms with Gasteiger partial charge in [-0.2, -0.15) is 8.99 Å². The van der Waals surface area contributed by atoms with E-state index in [1.807, 2.05) is 0 Å². The third-order valence-electron chi connectivity index (χ3n) is 4.81. The molecule has 1 saturated heterocycles. The maximum absolute atomic E-state index is 14.3. The van der Waals surface area contributed by atoms with E-state index in [-0.39, 0.29) is 35.8 Å². The Hall–Kier alpha value is -3.71. The van der Waals surface area contributed by atoms with E-state index >= 15 is 0 Å². The second kappa shape index (κ2) is 8.43. The Labute approximate surface area is 182 Å². The summed E-state index contributed by atoms with van der Waals surface area (Å²) in [6.45, 7) is 1.69. The predicted molar refractivity (Wildman–Crippen MR) is 110 cm³/mol. The molecule has 2 amide bonds. The number of aryl methyl sites for hydroxylation is 1. The monoisotopic (exact) mass is 459 g/mol. The molecule has 0 unspecified atom stereocenters. The first-order valence-electron chi connectivity index (χ1n) is 9.49. The number of piperazine rings is 1. The molecule has 2 aromatic carbocycles. The molecule has 0 atom stereocenters. The molecular formula is C19H18FN7O4S. The Morgan fingerprint density at radius 2 is 2.03 bits per heavy atom. The number of hydrogen-bond acceptors (Lipinski definition) is 7. The molecular weight excluding hydrogens is 441 g/mol. The molecule has 0 spiro atoms. The molecule has 1 aromatic heterocycles.